The Kier molecular flexibility index (Phi) is 3.08. The van der Waals surface area contributed by atoms with Crippen LogP contribution < -0.4 is 0 Å². The first kappa shape index (κ1) is 9.51. The van der Waals surface area contributed by atoms with Crippen LogP contribution in [0.3, 0.4) is 0 Å². The average molecular weight is 207 g/mol. The van der Waals surface area contributed by atoms with Crippen LogP contribution in [0.25, 0.3) is 0 Å². The molecule has 0 saturated carbocycles. The highest BCUT2D eigenvalue weighted by Gasteiger charge is 2.04. The van der Waals surface area contributed by atoms with E-state index >= 15 is 0 Å². The van der Waals surface area contributed by atoms with Gasteiger partial charge in [-0.15, -0.1) is 0 Å². The molecule has 0 radical (unpaired) electrons. The zero-order valence-electron chi connectivity index (χ0n) is 6.10. The molecule has 0 N–H and O–H groups in total. The van der Waals surface area contributed by atoms with E-state index in [2.05, 4.69) is 4.18 Å². The second-order valence-corrected chi connectivity index (χ2v) is 4.30. The molecule has 66 valence electrons. The molecule has 0 unspecified atom stereocenters. The summed E-state index contributed by atoms with van der Waals surface area (Å²) in [6.45, 7) is -0.0212. The van der Waals surface area contributed by atoms with Crippen LogP contribution in [0.2, 0.25) is 0 Å². The van der Waals surface area contributed by atoms with Crippen LogP contribution >= 0.6 is 10.7 Å². The maximum Gasteiger partial charge on any atom is 0.355 e. The highest BCUT2D eigenvalue weighted by Crippen LogP contribution is 2.06. The Labute approximate surface area is 75.6 Å². The van der Waals surface area contributed by atoms with E-state index < -0.39 is 9.33 Å². The Morgan fingerprint density at radius 1 is 1.25 bits per heavy atom. The highest BCUT2D eigenvalue weighted by molar-refractivity contribution is 8.09. The number of benzene rings is 1. The molecule has 0 fully saturated rings. The first-order valence-electron chi connectivity index (χ1n) is 3.21. The first-order chi connectivity index (χ1) is 5.58. The van der Waals surface area contributed by atoms with Gasteiger partial charge in [0.15, 0.2) is 0 Å². The second kappa shape index (κ2) is 3.89. The molecule has 3 nitrogen and oxygen atoms in total. The summed E-state index contributed by atoms with van der Waals surface area (Å²) in [5.41, 5.74) is 0.765. The summed E-state index contributed by atoms with van der Waals surface area (Å²) in [5, 5.41) is 0. The molecule has 0 saturated heterocycles. The van der Waals surface area contributed by atoms with E-state index in [9.17, 15) is 8.42 Å². The lowest BCUT2D eigenvalue weighted by Gasteiger charge is -1.98. The van der Waals surface area contributed by atoms with Crippen LogP contribution in [-0.4, -0.2) is 8.42 Å². The van der Waals surface area contributed by atoms with Crippen LogP contribution in [0.1, 0.15) is 5.56 Å². The van der Waals surface area contributed by atoms with E-state index in [1.807, 2.05) is 6.07 Å². The van der Waals surface area contributed by atoms with E-state index in [1.165, 1.54) is 0 Å². The summed E-state index contributed by atoms with van der Waals surface area (Å²) < 4.78 is 25.0. The van der Waals surface area contributed by atoms with E-state index in [4.69, 9.17) is 10.7 Å². The molecular weight excluding hydrogens is 200 g/mol. The van der Waals surface area contributed by atoms with E-state index in [0.29, 0.717) is 0 Å². The van der Waals surface area contributed by atoms with Crippen LogP contribution in [0, 0.1) is 0 Å². The summed E-state index contributed by atoms with van der Waals surface area (Å²) in [6.07, 6.45) is 0. The maximum atomic E-state index is 10.3. The monoisotopic (exact) mass is 206 g/mol. The summed E-state index contributed by atoms with van der Waals surface area (Å²) in [6, 6.07) is 8.92. The molecule has 1 aromatic rings. The van der Waals surface area contributed by atoms with Gasteiger partial charge in [-0.3, -0.25) is 4.18 Å². The molecule has 12 heavy (non-hydrogen) atoms. The third-order valence-corrected chi connectivity index (χ3v) is 1.88. The second-order valence-electron chi connectivity index (χ2n) is 2.14. The minimum atomic E-state index is -3.85. The highest BCUT2D eigenvalue weighted by atomic mass is 35.7. The standard InChI is InChI=1S/C7H7ClO3S/c8-12(9,10)11-6-7-4-2-1-3-5-7/h1-5H,6H2. The zero-order valence-corrected chi connectivity index (χ0v) is 7.68. The van der Waals surface area contributed by atoms with Crippen LogP contribution in [0.4, 0.5) is 0 Å². The van der Waals surface area contributed by atoms with E-state index in [1.54, 1.807) is 24.3 Å². The Morgan fingerprint density at radius 2 is 1.83 bits per heavy atom. The number of hydrogen-bond acceptors (Lipinski definition) is 3. The van der Waals surface area contributed by atoms with Crippen molar-refractivity contribution >= 4 is 20.0 Å². The quantitative estimate of drug-likeness (QED) is 0.707. The van der Waals surface area contributed by atoms with Crippen molar-refractivity contribution in [2.75, 3.05) is 0 Å². The van der Waals surface area contributed by atoms with Gasteiger partial charge in [0.05, 0.1) is 6.61 Å². The molecule has 1 rings (SSSR count). The van der Waals surface area contributed by atoms with Crippen LogP contribution in [0.5, 0.6) is 0 Å². The lowest BCUT2D eigenvalue weighted by molar-refractivity contribution is 0.318. The molecule has 0 aliphatic rings. The molecule has 0 bridgehead atoms. The van der Waals surface area contributed by atoms with Crippen LogP contribution in [0.15, 0.2) is 30.3 Å². The van der Waals surface area contributed by atoms with E-state index in [0.717, 1.165) is 5.56 Å². The Hall–Kier alpha value is -0.580. The lowest BCUT2D eigenvalue weighted by Crippen LogP contribution is -1.96. The zero-order chi connectivity index (χ0) is 9.03. The number of halogens is 1. The smallest absolute Gasteiger partial charge is 0.253 e. The first-order valence-corrected chi connectivity index (χ1v) is 5.44. The molecule has 0 atom stereocenters. The van der Waals surface area contributed by atoms with Crippen molar-refractivity contribution in [2.24, 2.45) is 0 Å². The normalized spacial score (nSPS) is 11.4. The van der Waals surface area contributed by atoms with Gasteiger partial charge in [-0.05, 0) is 5.56 Å². The van der Waals surface area contributed by atoms with Gasteiger partial charge in [0.25, 0.3) is 0 Å². The third kappa shape index (κ3) is 3.71. The predicted molar refractivity (Wildman–Crippen MR) is 46.0 cm³/mol. The van der Waals surface area contributed by atoms with Crippen molar-refractivity contribution in [3.05, 3.63) is 35.9 Å². The SMILES string of the molecule is O=S(=O)(Cl)OCc1ccccc1. The fraction of sp³-hybridized carbons (Fsp3) is 0.143. The fourth-order valence-corrected chi connectivity index (χ4v) is 1.12. The molecule has 0 amide bonds. The van der Waals surface area contributed by atoms with Gasteiger partial charge < -0.3 is 0 Å². The average Bonchev–Trinajstić information content (AvgIpc) is 2.02. The Bertz CT molecular complexity index is 333. The summed E-state index contributed by atoms with van der Waals surface area (Å²) in [7, 11) is 0.983. The summed E-state index contributed by atoms with van der Waals surface area (Å²) >= 11 is 0. The molecule has 1 aromatic carbocycles. The van der Waals surface area contributed by atoms with Gasteiger partial charge in [0.1, 0.15) is 0 Å². The van der Waals surface area contributed by atoms with Crippen molar-refractivity contribution in [1.29, 1.82) is 0 Å². The minimum absolute atomic E-state index is 0.0212. The summed E-state index contributed by atoms with van der Waals surface area (Å²) in [4.78, 5) is 0. The van der Waals surface area contributed by atoms with Crippen molar-refractivity contribution < 1.29 is 12.6 Å². The van der Waals surface area contributed by atoms with Gasteiger partial charge in [-0.2, -0.15) is 8.42 Å². The van der Waals surface area contributed by atoms with Crippen molar-refractivity contribution in [3.63, 3.8) is 0 Å². The third-order valence-electron chi connectivity index (χ3n) is 1.21. The van der Waals surface area contributed by atoms with Crippen molar-refractivity contribution in [2.45, 2.75) is 6.61 Å². The molecule has 0 aliphatic carbocycles. The van der Waals surface area contributed by atoms with Gasteiger partial charge in [0, 0.05) is 10.7 Å². The molecule has 0 aliphatic heterocycles. The Balaban J connectivity index is 2.56. The fourth-order valence-electron chi connectivity index (χ4n) is 0.713. The van der Waals surface area contributed by atoms with E-state index in [-0.39, 0.29) is 6.61 Å². The minimum Gasteiger partial charge on any atom is -0.253 e. The largest absolute Gasteiger partial charge is 0.355 e. The molecular formula is C7H7ClO3S. The topological polar surface area (TPSA) is 43.4 Å². The molecule has 0 heterocycles. The van der Waals surface area contributed by atoms with Crippen LogP contribution in [-0.2, 0) is 20.1 Å². The van der Waals surface area contributed by atoms with Crippen molar-refractivity contribution in [1.82, 2.24) is 0 Å². The lowest BCUT2D eigenvalue weighted by atomic mass is 10.2. The van der Waals surface area contributed by atoms with Gasteiger partial charge in [-0.1, -0.05) is 30.3 Å². The maximum absolute atomic E-state index is 10.3. The Morgan fingerprint density at radius 3 is 2.33 bits per heavy atom. The van der Waals surface area contributed by atoms with Crippen molar-refractivity contribution in [3.8, 4) is 0 Å². The predicted octanol–water partition coefficient (Wildman–Crippen LogP) is 1.69. The van der Waals surface area contributed by atoms with Gasteiger partial charge >= 0.3 is 9.33 Å². The van der Waals surface area contributed by atoms with Gasteiger partial charge in [0.2, 0.25) is 0 Å². The summed E-state index contributed by atoms with van der Waals surface area (Å²) in [5.74, 6) is 0. The molecule has 5 heteroatoms. The number of hydrogen-bond donors (Lipinski definition) is 0. The molecule has 0 spiro atoms. The molecule has 0 aromatic heterocycles. The number of rotatable bonds is 3. The van der Waals surface area contributed by atoms with Gasteiger partial charge in [-0.25, -0.2) is 0 Å².